The number of rotatable bonds is 3. The van der Waals surface area contributed by atoms with Crippen molar-refractivity contribution in [3.05, 3.63) is 0 Å². The quantitative estimate of drug-likeness (QED) is 0.609. The summed E-state index contributed by atoms with van der Waals surface area (Å²) < 4.78 is 0. The highest BCUT2D eigenvalue weighted by atomic mass is 32.1. The largest absolute Gasteiger partial charge is 0.393 e. The summed E-state index contributed by atoms with van der Waals surface area (Å²) in [5, 5.41) is 0. The van der Waals surface area contributed by atoms with Crippen molar-refractivity contribution in [2.45, 2.75) is 51.5 Å². The minimum Gasteiger partial charge on any atom is -0.393 e. The first-order chi connectivity index (χ1) is 7.54. The van der Waals surface area contributed by atoms with Crippen molar-refractivity contribution in [2.24, 2.45) is 11.7 Å². The van der Waals surface area contributed by atoms with Gasteiger partial charge >= 0.3 is 0 Å². The van der Waals surface area contributed by atoms with Crippen LogP contribution in [0.25, 0.3) is 0 Å². The maximum absolute atomic E-state index is 12.1. The Bertz CT molecular complexity index is 260. The van der Waals surface area contributed by atoms with Gasteiger partial charge in [-0.05, 0) is 19.8 Å². The summed E-state index contributed by atoms with van der Waals surface area (Å²) in [4.78, 5) is 14.2. The monoisotopic (exact) mass is 242 g/mol. The summed E-state index contributed by atoms with van der Waals surface area (Å²) in [5.41, 5.74) is 5.52. The number of nitrogens with two attached hydrogens (primary N) is 1. The van der Waals surface area contributed by atoms with Gasteiger partial charge in [-0.3, -0.25) is 4.79 Å². The molecule has 1 fully saturated rings. The van der Waals surface area contributed by atoms with Gasteiger partial charge in [0.2, 0.25) is 5.91 Å². The first-order valence-electron chi connectivity index (χ1n) is 6.10. The van der Waals surface area contributed by atoms with E-state index >= 15 is 0 Å². The zero-order chi connectivity index (χ0) is 12.1. The van der Waals surface area contributed by atoms with Crippen LogP contribution in [0.15, 0.2) is 0 Å². The third kappa shape index (κ3) is 3.44. The van der Waals surface area contributed by atoms with Crippen LogP contribution in [0.2, 0.25) is 0 Å². The molecule has 3 nitrogen and oxygen atoms in total. The molecule has 1 atom stereocenters. The Morgan fingerprint density at radius 3 is 2.25 bits per heavy atom. The molecule has 1 unspecified atom stereocenters. The number of carbonyl (C=O) groups is 1. The van der Waals surface area contributed by atoms with E-state index in [0.29, 0.717) is 11.0 Å². The average Bonchev–Trinajstić information content (AvgIpc) is 2.54. The molecule has 1 rings (SSSR count). The summed E-state index contributed by atoms with van der Waals surface area (Å²) in [7, 11) is 1.88. The van der Waals surface area contributed by atoms with E-state index in [0.717, 1.165) is 12.8 Å². The van der Waals surface area contributed by atoms with E-state index in [1.54, 1.807) is 6.92 Å². The van der Waals surface area contributed by atoms with E-state index in [2.05, 4.69) is 0 Å². The highest BCUT2D eigenvalue weighted by molar-refractivity contribution is 7.80. The first-order valence-corrected chi connectivity index (χ1v) is 6.51. The van der Waals surface area contributed by atoms with E-state index in [9.17, 15) is 4.79 Å². The molecule has 1 amide bonds. The van der Waals surface area contributed by atoms with E-state index in [1.807, 2.05) is 11.9 Å². The van der Waals surface area contributed by atoms with E-state index in [-0.39, 0.29) is 11.8 Å². The Balaban J connectivity index is 2.57. The van der Waals surface area contributed by atoms with Crippen molar-refractivity contribution < 1.29 is 4.79 Å². The second-order valence-electron chi connectivity index (χ2n) is 4.72. The molecule has 4 heteroatoms. The number of hydrogen-bond acceptors (Lipinski definition) is 2. The smallest absolute Gasteiger partial charge is 0.232 e. The lowest BCUT2D eigenvalue weighted by Crippen LogP contribution is -2.43. The number of carbonyl (C=O) groups excluding carboxylic acids is 1. The van der Waals surface area contributed by atoms with Crippen LogP contribution in [0.4, 0.5) is 0 Å². The lowest BCUT2D eigenvalue weighted by molar-refractivity contribution is -0.133. The van der Waals surface area contributed by atoms with Crippen LogP contribution in [0.5, 0.6) is 0 Å². The van der Waals surface area contributed by atoms with Gasteiger partial charge in [-0.15, -0.1) is 0 Å². The molecule has 0 aromatic carbocycles. The SMILES string of the molecule is CC(C(=O)N(C)C1CCCCCC1)C(N)=S. The molecule has 0 spiro atoms. The third-order valence-corrected chi connectivity index (χ3v) is 3.87. The average molecular weight is 242 g/mol. The zero-order valence-corrected chi connectivity index (χ0v) is 11.1. The van der Waals surface area contributed by atoms with Crippen molar-refractivity contribution in [1.29, 1.82) is 0 Å². The molecule has 1 saturated carbocycles. The molecule has 0 bridgehead atoms. The molecule has 92 valence electrons. The lowest BCUT2D eigenvalue weighted by atomic mass is 10.0. The van der Waals surface area contributed by atoms with Crippen molar-refractivity contribution in [3.63, 3.8) is 0 Å². The molecule has 16 heavy (non-hydrogen) atoms. The Kier molecular flexibility index (Phi) is 5.19. The lowest BCUT2D eigenvalue weighted by Gasteiger charge is -2.29. The number of thiocarbonyl (C=S) groups is 1. The van der Waals surface area contributed by atoms with Crippen LogP contribution < -0.4 is 5.73 Å². The number of nitrogens with zero attached hydrogens (tertiary/aromatic N) is 1. The van der Waals surface area contributed by atoms with Crippen molar-refractivity contribution in [3.8, 4) is 0 Å². The molecule has 1 aliphatic carbocycles. The van der Waals surface area contributed by atoms with E-state index in [4.69, 9.17) is 18.0 Å². The van der Waals surface area contributed by atoms with Gasteiger partial charge in [0.1, 0.15) is 0 Å². The predicted molar refractivity (Wildman–Crippen MR) is 70.2 cm³/mol. The second kappa shape index (κ2) is 6.18. The highest BCUT2D eigenvalue weighted by Gasteiger charge is 2.25. The molecule has 2 N–H and O–H groups in total. The topological polar surface area (TPSA) is 46.3 Å². The minimum absolute atomic E-state index is 0.0689. The Hall–Kier alpha value is -0.640. The van der Waals surface area contributed by atoms with Crippen molar-refractivity contribution in [1.82, 2.24) is 4.90 Å². The van der Waals surface area contributed by atoms with Gasteiger partial charge in [-0.2, -0.15) is 0 Å². The number of hydrogen-bond donors (Lipinski definition) is 1. The molecule has 1 aliphatic rings. The maximum atomic E-state index is 12.1. The zero-order valence-electron chi connectivity index (χ0n) is 10.2. The van der Waals surface area contributed by atoms with Gasteiger partial charge in [0.15, 0.2) is 0 Å². The normalized spacial score (nSPS) is 19.9. The fourth-order valence-electron chi connectivity index (χ4n) is 2.25. The van der Waals surface area contributed by atoms with Gasteiger partial charge < -0.3 is 10.6 Å². The first kappa shape index (κ1) is 13.4. The van der Waals surface area contributed by atoms with Gasteiger partial charge in [-0.25, -0.2) is 0 Å². The molecular weight excluding hydrogens is 220 g/mol. The molecule has 0 saturated heterocycles. The van der Waals surface area contributed by atoms with E-state index in [1.165, 1.54) is 25.7 Å². The summed E-state index contributed by atoms with van der Waals surface area (Å²) in [6, 6.07) is 0.381. The van der Waals surface area contributed by atoms with Crippen LogP contribution in [0.1, 0.15) is 45.4 Å². The Labute approximate surface area is 103 Å². The second-order valence-corrected chi connectivity index (χ2v) is 5.19. The minimum atomic E-state index is -0.330. The van der Waals surface area contributed by atoms with Crippen LogP contribution in [0, 0.1) is 5.92 Å². The van der Waals surface area contributed by atoms with Crippen LogP contribution in [-0.2, 0) is 4.79 Å². The number of amides is 1. The van der Waals surface area contributed by atoms with Crippen molar-refractivity contribution >= 4 is 23.1 Å². The molecule has 0 aromatic rings. The molecular formula is C12H22N2OS. The van der Waals surface area contributed by atoms with Crippen LogP contribution >= 0.6 is 12.2 Å². The highest BCUT2D eigenvalue weighted by Crippen LogP contribution is 2.22. The molecule has 0 radical (unpaired) electrons. The summed E-state index contributed by atoms with van der Waals surface area (Å²) in [6.07, 6.45) is 7.28. The Morgan fingerprint density at radius 2 is 1.81 bits per heavy atom. The third-order valence-electron chi connectivity index (χ3n) is 3.52. The van der Waals surface area contributed by atoms with Gasteiger partial charge in [0.05, 0.1) is 10.9 Å². The molecule has 0 heterocycles. The fourth-order valence-corrected chi connectivity index (χ4v) is 2.35. The van der Waals surface area contributed by atoms with Crippen LogP contribution in [-0.4, -0.2) is 28.9 Å². The molecule has 0 aliphatic heterocycles. The fraction of sp³-hybridized carbons (Fsp3) is 0.833. The predicted octanol–water partition coefficient (Wildman–Crippen LogP) is 2.09. The maximum Gasteiger partial charge on any atom is 0.232 e. The summed E-state index contributed by atoms with van der Waals surface area (Å²) in [5.74, 6) is -0.261. The van der Waals surface area contributed by atoms with Crippen molar-refractivity contribution in [2.75, 3.05) is 7.05 Å². The van der Waals surface area contributed by atoms with Gasteiger partial charge in [0, 0.05) is 13.1 Å². The van der Waals surface area contributed by atoms with Crippen LogP contribution in [0.3, 0.4) is 0 Å². The van der Waals surface area contributed by atoms with E-state index < -0.39 is 0 Å². The molecule has 0 aromatic heterocycles. The Morgan fingerprint density at radius 1 is 1.31 bits per heavy atom. The standard InChI is InChI=1S/C12H22N2OS/c1-9(11(13)16)12(15)14(2)10-7-5-3-4-6-8-10/h9-10H,3-8H2,1-2H3,(H2,13,16). The van der Waals surface area contributed by atoms with Gasteiger partial charge in [-0.1, -0.05) is 37.9 Å². The summed E-state index contributed by atoms with van der Waals surface area (Å²) >= 11 is 4.87. The summed E-state index contributed by atoms with van der Waals surface area (Å²) in [6.45, 7) is 1.79. The van der Waals surface area contributed by atoms with Gasteiger partial charge in [0.25, 0.3) is 0 Å².